The second-order valence-electron chi connectivity index (χ2n) is 6.11. The van der Waals surface area contributed by atoms with E-state index in [0.717, 1.165) is 40.1 Å². The standard InChI is InChI=1S/C22H22N2O2S/c1-2-3-4-5-6-12-26-19-9-7-8-17(13-19)14-22(25)24-18-10-11-20-21(15-18)27-16-23-20/h7-11,13,15-16H,2-3,6,12,14H2,1H3,(H,24,25). The van der Waals surface area contributed by atoms with E-state index in [0.29, 0.717) is 19.4 Å². The molecular weight excluding hydrogens is 356 g/mol. The molecule has 0 unspecified atom stereocenters. The number of ether oxygens (including phenoxy) is 1. The highest BCUT2D eigenvalue weighted by atomic mass is 32.1. The number of hydrogen-bond acceptors (Lipinski definition) is 4. The largest absolute Gasteiger partial charge is 0.493 e. The lowest BCUT2D eigenvalue weighted by Crippen LogP contribution is -2.14. The number of fused-ring (bicyclic) bond motifs is 1. The Balaban J connectivity index is 1.52. The molecule has 1 N–H and O–H groups in total. The number of thiazole rings is 1. The zero-order valence-electron chi connectivity index (χ0n) is 15.3. The molecule has 0 saturated heterocycles. The number of rotatable bonds is 7. The molecular formula is C22H22N2O2S. The summed E-state index contributed by atoms with van der Waals surface area (Å²) < 4.78 is 6.79. The van der Waals surface area contributed by atoms with E-state index in [1.807, 2.05) is 42.5 Å². The fourth-order valence-electron chi connectivity index (χ4n) is 2.59. The second-order valence-corrected chi connectivity index (χ2v) is 7.00. The predicted octanol–water partition coefficient (Wildman–Crippen LogP) is 5.05. The predicted molar refractivity (Wildman–Crippen MR) is 111 cm³/mol. The summed E-state index contributed by atoms with van der Waals surface area (Å²) in [4.78, 5) is 16.6. The first-order chi connectivity index (χ1) is 13.2. The Morgan fingerprint density at radius 2 is 2.07 bits per heavy atom. The lowest BCUT2D eigenvalue weighted by molar-refractivity contribution is -0.115. The van der Waals surface area contributed by atoms with E-state index in [9.17, 15) is 4.79 Å². The van der Waals surface area contributed by atoms with Crippen LogP contribution in [0.15, 0.2) is 48.0 Å². The topological polar surface area (TPSA) is 51.2 Å². The molecule has 0 aliphatic heterocycles. The fraction of sp³-hybridized carbons (Fsp3) is 0.273. The summed E-state index contributed by atoms with van der Waals surface area (Å²) in [5.74, 6) is 6.92. The first-order valence-corrected chi connectivity index (χ1v) is 9.93. The van der Waals surface area contributed by atoms with Gasteiger partial charge in [0.2, 0.25) is 5.91 Å². The highest BCUT2D eigenvalue weighted by Crippen LogP contribution is 2.22. The average Bonchev–Trinajstić information content (AvgIpc) is 3.12. The van der Waals surface area contributed by atoms with Crippen LogP contribution in [0.2, 0.25) is 0 Å². The molecule has 1 aromatic heterocycles. The third kappa shape index (κ3) is 5.83. The number of aromatic nitrogens is 1. The van der Waals surface area contributed by atoms with Gasteiger partial charge in [-0.15, -0.1) is 17.3 Å². The van der Waals surface area contributed by atoms with Gasteiger partial charge in [0.25, 0.3) is 0 Å². The van der Waals surface area contributed by atoms with Gasteiger partial charge in [0.15, 0.2) is 0 Å². The maximum absolute atomic E-state index is 12.3. The SMILES string of the molecule is CCCC#CCCOc1cccc(CC(=O)Nc2ccc3ncsc3c2)c1. The molecule has 0 saturated carbocycles. The van der Waals surface area contributed by atoms with Gasteiger partial charge in [0.1, 0.15) is 5.75 Å². The van der Waals surface area contributed by atoms with Gasteiger partial charge >= 0.3 is 0 Å². The van der Waals surface area contributed by atoms with Crippen molar-refractivity contribution in [3.05, 3.63) is 53.5 Å². The van der Waals surface area contributed by atoms with Gasteiger partial charge in [0.05, 0.1) is 28.8 Å². The number of nitrogens with zero attached hydrogens (tertiary/aromatic N) is 1. The van der Waals surface area contributed by atoms with Crippen molar-refractivity contribution in [1.82, 2.24) is 4.98 Å². The Hall–Kier alpha value is -2.84. The van der Waals surface area contributed by atoms with Crippen molar-refractivity contribution in [2.75, 3.05) is 11.9 Å². The van der Waals surface area contributed by atoms with E-state index in [1.165, 1.54) is 0 Å². The van der Waals surface area contributed by atoms with Gasteiger partial charge in [-0.1, -0.05) is 25.0 Å². The molecule has 0 radical (unpaired) electrons. The van der Waals surface area contributed by atoms with Crippen LogP contribution in [0.25, 0.3) is 10.2 Å². The molecule has 0 bridgehead atoms. The Morgan fingerprint density at radius 1 is 1.19 bits per heavy atom. The number of anilines is 1. The zero-order chi connectivity index (χ0) is 18.9. The molecule has 0 aliphatic carbocycles. The van der Waals surface area contributed by atoms with Gasteiger partial charge in [-0.05, 0) is 42.3 Å². The van der Waals surface area contributed by atoms with Crippen LogP contribution in [0, 0.1) is 11.8 Å². The highest BCUT2D eigenvalue weighted by molar-refractivity contribution is 7.16. The monoisotopic (exact) mass is 378 g/mol. The van der Waals surface area contributed by atoms with Gasteiger partial charge in [-0.2, -0.15) is 0 Å². The Bertz CT molecular complexity index is 969. The molecule has 0 spiro atoms. The molecule has 1 amide bonds. The summed E-state index contributed by atoms with van der Waals surface area (Å²) in [7, 11) is 0. The van der Waals surface area contributed by atoms with E-state index in [1.54, 1.807) is 16.8 Å². The summed E-state index contributed by atoms with van der Waals surface area (Å²) in [5, 5.41) is 2.94. The lowest BCUT2D eigenvalue weighted by atomic mass is 10.1. The Morgan fingerprint density at radius 3 is 2.96 bits per heavy atom. The molecule has 1 heterocycles. The van der Waals surface area contributed by atoms with E-state index >= 15 is 0 Å². The Labute approximate surface area is 163 Å². The third-order valence-electron chi connectivity index (χ3n) is 3.87. The van der Waals surface area contributed by atoms with Gasteiger partial charge in [0, 0.05) is 18.5 Å². The fourth-order valence-corrected chi connectivity index (χ4v) is 3.31. The van der Waals surface area contributed by atoms with E-state index < -0.39 is 0 Å². The minimum atomic E-state index is -0.0542. The number of benzene rings is 2. The van der Waals surface area contributed by atoms with Crippen molar-refractivity contribution in [2.24, 2.45) is 0 Å². The molecule has 4 nitrogen and oxygen atoms in total. The molecule has 3 rings (SSSR count). The van der Waals surface area contributed by atoms with E-state index in [2.05, 4.69) is 29.1 Å². The van der Waals surface area contributed by atoms with Crippen molar-refractivity contribution in [2.45, 2.75) is 32.6 Å². The number of carbonyl (C=O) groups is 1. The van der Waals surface area contributed by atoms with Crippen LogP contribution in [0.4, 0.5) is 5.69 Å². The Kier molecular flexibility index (Phi) is 6.84. The molecule has 0 atom stereocenters. The maximum atomic E-state index is 12.3. The molecule has 2 aromatic carbocycles. The smallest absolute Gasteiger partial charge is 0.228 e. The molecule has 27 heavy (non-hydrogen) atoms. The van der Waals surface area contributed by atoms with Crippen LogP contribution in [0.1, 0.15) is 31.7 Å². The number of amides is 1. The van der Waals surface area contributed by atoms with Gasteiger partial charge in [-0.3, -0.25) is 4.79 Å². The van der Waals surface area contributed by atoms with Crippen LogP contribution >= 0.6 is 11.3 Å². The summed E-state index contributed by atoms with van der Waals surface area (Å²) in [6.45, 7) is 2.67. The number of carbonyl (C=O) groups excluding carboxylic acids is 1. The first kappa shape index (κ1) is 18.9. The van der Waals surface area contributed by atoms with Crippen LogP contribution < -0.4 is 10.1 Å². The number of nitrogens with one attached hydrogen (secondary N) is 1. The molecule has 0 fully saturated rings. The normalized spacial score (nSPS) is 10.3. The molecule has 5 heteroatoms. The van der Waals surface area contributed by atoms with Crippen molar-refractivity contribution < 1.29 is 9.53 Å². The third-order valence-corrected chi connectivity index (χ3v) is 4.67. The lowest BCUT2D eigenvalue weighted by Gasteiger charge is -2.08. The van der Waals surface area contributed by atoms with E-state index in [-0.39, 0.29) is 5.91 Å². The van der Waals surface area contributed by atoms with Crippen LogP contribution in [0.5, 0.6) is 5.75 Å². The summed E-state index contributed by atoms with van der Waals surface area (Å²) in [6, 6.07) is 13.4. The summed E-state index contributed by atoms with van der Waals surface area (Å²) >= 11 is 1.56. The summed E-state index contributed by atoms with van der Waals surface area (Å²) in [5.41, 5.74) is 4.45. The van der Waals surface area contributed by atoms with E-state index in [4.69, 9.17) is 4.74 Å². The van der Waals surface area contributed by atoms with Crippen LogP contribution in [-0.4, -0.2) is 17.5 Å². The van der Waals surface area contributed by atoms with Crippen molar-refractivity contribution >= 4 is 33.1 Å². The minimum Gasteiger partial charge on any atom is -0.493 e. The maximum Gasteiger partial charge on any atom is 0.228 e. The zero-order valence-corrected chi connectivity index (χ0v) is 16.1. The average molecular weight is 378 g/mol. The highest BCUT2D eigenvalue weighted by Gasteiger charge is 2.07. The molecule has 0 aliphatic rings. The minimum absolute atomic E-state index is 0.0542. The number of unbranched alkanes of at least 4 members (excludes halogenated alkanes) is 1. The van der Waals surface area contributed by atoms with Crippen LogP contribution in [0.3, 0.4) is 0 Å². The quantitative estimate of drug-likeness (QED) is 0.462. The van der Waals surface area contributed by atoms with Gasteiger partial charge < -0.3 is 10.1 Å². The second kappa shape index (κ2) is 9.75. The first-order valence-electron chi connectivity index (χ1n) is 9.05. The molecule has 3 aromatic rings. The van der Waals surface area contributed by atoms with Crippen molar-refractivity contribution in [3.63, 3.8) is 0 Å². The van der Waals surface area contributed by atoms with Crippen LogP contribution in [-0.2, 0) is 11.2 Å². The number of hydrogen-bond donors (Lipinski definition) is 1. The summed E-state index contributed by atoms with van der Waals surface area (Å²) in [6.07, 6.45) is 3.02. The van der Waals surface area contributed by atoms with Gasteiger partial charge in [-0.25, -0.2) is 4.98 Å². The van der Waals surface area contributed by atoms with Crippen molar-refractivity contribution in [3.8, 4) is 17.6 Å². The molecule has 138 valence electrons. The van der Waals surface area contributed by atoms with Crippen molar-refractivity contribution in [1.29, 1.82) is 0 Å².